The summed E-state index contributed by atoms with van der Waals surface area (Å²) >= 11 is 0. The second kappa shape index (κ2) is 7.40. The van der Waals surface area contributed by atoms with Crippen LogP contribution in [0.1, 0.15) is 40.0 Å². The number of carbonyl (C=O) groups excluding carboxylic acids is 2. The van der Waals surface area contributed by atoms with Gasteiger partial charge in [0, 0.05) is 13.0 Å². The Bertz CT molecular complexity index is 215. The van der Waals surface area contributed by atoms with Gasteiger partial charge in [-0.3, -0.25) is 4.79 Å². The second-order valence-electron chi connectivity index (χ2n) is 4.33. The molecule has 0 aliphatic carbocycles. The van der Waals surface area contributed by atoms with Crippen LogP contribution >= 0.6 is 0 Å². The van der Waals surface area contributed by atoms with Crippen LogP contribution in [0, 0.1) is 5.92 Å². The first-order valence-electron chi connectivity index (χ1n) is 5.46. The molecule has 0 saturated carbocycles. The molecule has 0 rings (SSSR count). The predicted molar refractivity (Wildman–Crippen MR) is 60.4 cm³/mol. The molecule has 1 amide bonds. The van der Waals surface area contributed by atoms with Gasteiger partial charge in [-0.1, -0.05) is 13.8 Å². The highest BCUT2D eigenvalue weighted by atomic mass is 16.2. The Morgan fingerprint density at radius 1 is 1.33 bits per heavy atom. The van der Waals surface area contributed by atoms with E-state index in [-0.39, 0.29) is 11.7 Å². The van der Waals surface area contributed by atoms with Crippen molar-refractivity contribution in [1.29, 1.82) is 0 Å². The molecule has 4 nitrogen and oxygen atoms in total. The summed E-state index contributed by atoms with van der Waals surface area (Å²) in [5.74, 6) is 0.450. The molecule has 1 unspecified atom stereocenters. The van der Waals surface area contributed by atoms with E-state index in [1.807, 2.05) is 13.8 Å². The first-order valence-corrected chi connectivity index (χ1v) is 5.46. The average molecular weight is 214 g/mol. The molecule has 15 heavy (non-hydrogen) atoms. The predicted octanol–water partition coefficient (Wildman–Crippen LogP) is 0.845. The SMILES string of the molecule is CC(=O)CCCNC(=O)C(N)CC(C)C. The first-order chi connectivity index (χ1) is 6.93. The van der Waals surface area contributed by atoms with E-state index in [1.54, 1.807) is 6.92 Å². The minimum atomic E-state index is -0.428. The van der Waals surface area contributed by atoms with Gasteiger partial charge < -0.3 is 15.8 Å². The smallest absolute Gasteiger partial charge is 0.236 e. The van der Waals surface area contributed by atoms with Gasteiger partial charge in [0.15, 0.2) is 0 Å². The summed E-state index contributed by atoms with van der Waals surface area (Å²) < 4.78 is 0. The van der Waals surface area contributed by atoms with Gasteiger partial charge in [0.2, 0.25) is 5.91 Å². The van der Waals surface area contributed by atoms with Crippen molar-refractivity contribution >= 4 is 11.7 Å². The molecule has 4 heteroatoms. The van der Waals surface area contributed by atoms with Crippen LogP contribution in [0.5, 0.6) is 0 Å². The largest absolute Gasteiger partial charge is 0.355 e. The minimum Gasteiger partial charge on any atom is -0.355 e. The Labute approximate surface area is 91.6 Å². The molecule has 0 aromatic carbocycles. The molecule has 0 saturated heterocycles. The first kappa shape index (κ1) is 14.1. The molecule has 88 valence electrons. The van der Waals surface area contributed by atoms with Crippen molar-refractivity contribution in [3.63, 3.8) is 0 Å². The zero-order valence-electron chi connectivity index (χ0n) is 9.88. The summed E-state index contributed by atoms with van der Waals surface area (Å²) in [7, 11) is 0. The third kappa shape index (κ3) is 8.12. The molecule has 0 radical (unpaired) electrons. The zero-order valence-corrected chi connectivity index (χ0v) is 9.88. The van der Waals surface area contributed by atoms with E-state index in [2.05, 4.69) is 5.32 Å². The number of amides is 1. The molecule has 0 aliphatic heterocycles. The maximum Gasteiger partial charge on any atom is 0.236 e. The van der Waals surface area contributed by atoms with Crippen LogP contribution in [0.2, 0.25) is 0 Å². The van der Waals surface area contributed by atoms with Crippen molar-refractivity contribution in [3.05, 3.63) is 0 Å². The van der Waals surface area contributed by atoms with Crippen LogP contribution < -0.4 is 11.1 Å². The Morgan fingerprint density at radius 2 is 1.93 bits per heavy atom. The average Bonchev–Trinajstić information content (AvgIpc) is 2.10. The van der Waals surface area contributed by atoms with Gasteiger partial charge in [-0.15, -0.1) is 0 Å². The zero-order chi connectivity index (χ0) is 11.8. The van der Waals surface area contributed by atoms with Crippen molar-refractivity contribution in [2.75, 3.05) is 6.54 Å². The van der Waals surface area contributed by atoms with Crippen LogP contribution in [0.4, 0.5) is 0 Å². The highest BCUT2D eigenvalue weighted by Crippen LogP contribution is 2.02. The van der Waals surface area contributed by atoms with Crippen LogP contribution in [-0.4, -0.2) is 24.3 Å². The van der Waals surface area contributed by atoms with E-state index in [0.717, 1.165) is 0 Å². The Hall–Kier alpha value is -0.900. The van der Waals surface area contributed by atoms with Gasteiger partial charge in [0.1, 0.15) is 5.78 Å². The lowest BCUT2D eigenvalue weighted by Crippen LogP contribution is -2.41. The third-order valence-electron chi connectivity index (χ3n) is 2.07. The van der Waals surface area contributed by atoms with Crippen molar-refractivity contribution in [2.24, 2.45) is 11.7 Å². The number of carbonyl (C=O) groups is 2. The fourth-order valence-electron chi connectivity index (χ4n) is 1.29. The maximum atomic E-state index is 11.4. The summed E-state index contributed by atoms with van der Waals surface area (Å²) in [6, 6.07) is -0.428. The summed E-state index contributed by atoms with van der Waals surface area (Å²) in [6.45, 7) is 6.14. The highest BCUT2D eigenvalue weighted by molar-refractivity contribution is 5.81. The topological polar surface area (TPSA) is 72.2 Å². The lowest BCUT2D eigenvalue weighted by atomic mass is 10.0. The molecule has 3 N–H and O–H groups in total. The fraction of sp³-hybridized carbons (Fsp3) is 0.818. The van der Waals surface area contributed by atoms with Crippen molar-refractivity contribution < 1.29 is 9.59 Å². The number of hydrogen-bond acceptors (Lipinski definition) is 3. The molecule has 0 bridgehead atoms. The Kier molecular flexibility index (Phi) is 6.96. The maximum absolute atomic E-state index is 11.4. The summed E-state index contributed by atoms with van der Waals surface area (Å²) in [4.78, 5) is 22.0. The normalized spacial score (nSPS) is 12.6. The van der Waals surface area contributed by atoms with Gasteiger partial charge in [0.25, 0.3) is 0 Å². The molecule has 0 fully saturated rings. The minimum absolute atomic E-state index is 0.118. The van der Waals surface area contributed by atoms with Gasteiger partial charge in [0.05, 0.1) is 6.04 Å². The number of hydrogen-bond donors (Lipinski definition) is 2. The van der Waals surface area contributed by atoms with Gasteiger partial charge in [-0.2, -0.15) is 0 Å². The third-order valence-corrected chi connectivity index (χ3v) is 2.07. The van der Waals surface area contributed by atoms with Gasteiger partial charge in [-0.25, -0.2) is 0 Å². The standard InChI is InChI=1S/C11H22N2O2/c1-8(2)7-10(12)11(15)13-6-4-5-9(3)14/h8,10H,4-7,12H2,1-3H3,(H,13,15). The molecule has 0 aliphatic rings. The van der Waals surface area contributed by atoms with E-state index in [4.69, 9.17) is 5.73 Å². The number of rotatable bonds is 7. The van der Waals surface area contributed by atoms with Gasteiger partial charge >= 0.3 is 0 Å². The number of nitrogens with two attached hydrogens (primary N) is 1. The summed E-state index contributed by atoms with van der Waals surface area (Å²) in [6.07, 6.45) is 1.90. The van der Waals surface area contributed by atoms with Crippen molar-refractivity contribution in [2.45, 2.75) is 46.1 Å². The monoisotopic (exact) mass is 214 g/mol. The Balaban J connectivity index is 3.60. The van der Waals surface area contributed by atoms with E-state index in [0.29, 0.717) is 31.7 Å². The quantitative estimate of drug-likeness (QED) is 0.617. The molecule has 0 aromatic heterocycles. The van der Waals surface area contributed by atoms with E-state index in [1.165, 1.54) is 0 Å². The summed E-state index contributed by atoms with van der Waals surface area (Å²) in [5, 5.41) is 2.73. The number of Topliss-reactive ketones (excluding diaryl/α,β-unsaturated/α-hetero) is 1. The lowest BCUT2D eigenvalue weighted by Gasteiger charge is -2.13. The van der Waals surface area contributed by atoms with Crippen LogP contribution in [0.3, 0.4) is 0 Å². The molecule has 0 spiro atoms. The van der Waals surface area contributed by atoms with E-state index < -0.39 is 6.04 Å². The van der Waals surface area contributed by atoms with Crippen molar-refractivity contribution in [1.82, 2.24) is 5.32 Å². The fourth-order valence-corrected chi connectivity index (χ4v) is 1.29. The molecular weight excluding hydrogens is 192 g/mol. The van der Waals surface area contributed by atoms with Crippen LogP contribution in [0.25, 0.3) is 0 Å². The number of nitrogens with one attached hydrogen (secondary N) is 1. The van der Waals surface area contributed by atoms with Crippen LogP contribution in [0.15, 0.2) is 0 Å². The van der Waals surface area contributed by atoms with E-state index >= 15 is 0 Å². The van der Waals surface area contributed by atoms with Crippen molar-refractivity contribution in [3.8, 4) is 0 Å². The van der Waals surface area contributed by atoms with E-state index in [9.17, 15) is 9.59 Å². The highest BCUT2D eigenvalue weighted by Gasteiger charge is 2.13. The van der Waals surface area contributed by atoms with Crippen LogP contribution in [-0.2, 0) is 9.59 Å². The molecular formula is C11H22N2O2. The Morgan fingerprint density at radius 3 is 2.40 bits per heavy atom. The molecule has 1 atom stereocenters. The second-order valence-corrected chi connectivity index (χ2v) is 4.33. The number of ketones is 1. The molecule has 0 aromatic rings. The van der Waals surface area contributed by atoms with Gasteiger partial charge in [-0.05, 0) is 25.7 Å². The lowest BCUT2D eigenvalue weighted by molar-refractivity contribution is -0.123. The molecule has 0 heterocycles. The summed E-state index contributed by atoms with van der Waals surface area (Å²) in [5.41, 5.74) is 5.68.